The Morgan fingerprint density at radius 3 is 2.61 bits per heavy atom. The molecule has 0 radical (unpaired) electrons. The molecule has 1 N–H and O–H groups in total. The van der Waals surface area contributed by atoms with E-state index in [1.165, 1.54) is 0 Å². The highest BCUT2D eigenvalue weighted by atomic mass is 16.5. The molecule has 0 bridgehead atoms. The number of carboxylic acid groups (broad SMARTS) is 1. The van der Waals surface area contributed by atoms with Crippen molar-refractivity contribution in [3.63, 3.8) is 0 Å². The molecule has 18 heavy (non-hydrogen) atoms. The Hall–Kier alpha value is -1.06. The predicted molar refractivity (Wildman–Crippen MR) is 68.2 cm³/mol. The van der Waals surface area contributed by atoms with E-state index in [1.807, 2.05) is 6.92 Å². The molecule has 0 heterocycles. The molecule has 3 atom stereocenters. The van der Waals surface area contributed by atoms with Crippen molar-refractivity contribution in [3.8, 4) is 0 Å². The molecule has 4 heteroatoms. The molecule has 104 valence electrons. The van der Waals surface area contributed by atoms with E-state index in [0.29, 0.717) is 12.8 Å². The Kier molecular flexibility index (Phi) is 6.16. The van der Waals surface area contributed by atoms with E-state index in [-0.39, 0.29) is 23.9 Å². The molecule has 3 unspecified atom stereocenters. The first-order valence-electron chi connectivity index (χ1n) is 6.97. The zero-order valence-electron chi connectivity index (χ0n) is 11.4. The third-order valence-electron chi connectivity index (χ3n) is 3.64. The number of hydrogen-bond acceptors (Lipinski definition) is 3. The Balaban J connectivity index is 2.38. The Bertz CT molecular complexity index is 288. The lowest BCUT2D eigenvalue weighted by atomic mass is 9.81. The molecule has 1 fully saturated rings. The summed E-state index contributed by atoms with van der Waals surface area (Å²) in [6.07, 6.45) is 5.67. The predicted octanol–water partition coefficient (Wildman–Crippen LogP) is 3.00. The van der Waals surface area contributed by atoms with Gasteiger partial charge in [-0.1, -0.05) is 26.2 Å². The summed E-state index contributed by atoms with van der Waals surface area (Å²) in [5.41, 5.74) is 0. The third kappa shape index (κ3) is 4.67. The summed E-state index contributed by atoms with van der Waals surface area (Å²) >= 11 is 0. The van der Waals surface area contributed by atoms with E-state index in [9.17, 15) is 9.59 Å². The van der Waals surface area contributed by atoms with E-state index in [0.717, 1.165) is 32.1 Å². The van der Waals surface area contributed by atoms with Crippen molar-refractivity contribution in [2.75, 3.05) is 0 Å². The number of esters is 1. The van der Waals surface area contributed by atoms with Crippen molar-refractivity contribution in [1.29, 1.82) is 0 Å². The molecular formula is C14H24O4. The number of unbranched alkanes of at least 4 members (excludes halogenated alkanes) is 1. The number of hydrogen-bond donors (Lipinski definition) is 1. The average Bonchev–Trinajstić information content (AvgIpc) is 2.36. The smallest absolute Gasteiger partial charge is 0.309 e. The van der Waals surface area contributed by atoms with Crippen LogP contribution in [0.1, 0.15) is 58.8 Å². The summed E-state index contributed by atoms with van der Waals surface area (Å²) in [5.74, 6) is -1.58. The number of aliphatic carboxylic acids is 1. The van der Waals surface area contributed by atoms with E-state index < -0.39 is 5.97 Å². The van der Waals surface area contributed by atoms with Gasteiger partial charge in [-0.25, -0.2) is 0 Å². The molecule has 1 rings (SSSR count). The van der Waals surface area contributed by atoms with Gasteiger partial charge in [-0.2, -0.15) is 0 Å². The minimum Gasteiger partial charge on any atom is -0.481 e. The molecule has 0 aromatic carbocycles. The Labute approximate surface area is 109 Å². The first-order valence-corrected chi connectivity index (χ1v) is 6.97. The van der Waals surface area contributed by atoms with Crippen LogP contribution in [-0.4, -0.2) is 23.1 Å². The van der Waals surface area contributed by atoms with Crippen LogP contribution in [0.25, 0.3) is 0 Å². The summed E-state index contributed by atoms with van der Waals surface area (Å²) in [6.45, 7) is 4.01. The van der Waals surface area contributed by atoms with Crippen LogP contribution in [0.3, 0.4) is 0 Å². The lowest BCUT2D eigenvalue weighted by Gasteiger charge is -2.26. The number of ether oxygens (including phenoxy) is 1. The number of carbonyl (C=O) groups excluding carboxylic acids is 1. The van der Waals surface area contributed by atoms with Gasteiger partial charge in [-0.05, 0) is 32.6 Å². The third-order valence-corrected chi connectivity index (χ3v) is 3.64. The summed E-state index contributed by atoms with van der Waals surface area (Å²) in [6, 6.07) is 0. The van der Waals surface area contributed by atoms with E-state index in [4.69, 9.17) is 9.84 Å². The zero-order valence-corrected chi connectivity index (χ0v) is 11.4. The van der Waals surface area contributed by atoms with Crippen LogP contribution in [-0.2, 0) is 14.3 Å². The quantitative estimate of drug-likeness (QED) is 0.742. The van der Waals surface area contributed by atoms with E-state index >= 15 is 0 Å². The molecule has 0 saturated heterocycles. The molecule has 1 saturated carbocycles. The molecule has 0 aromatic rings. The van der Waals surface area contributed by atoms with Crippen molar-refractivity contribution in [1.82, 2.24) is 0 Å². The molecule has 1 aliphatic carbocycles. The highest BCUT2D eigenvalue weighted by Gasteiger charge is 2.32. The zero-order chi connectivity index (χ0) is 13.5. The molecule has 0 aromatic heterocycles. The summed E-state index contributed by atoms with van der Waals surface area (Å²) in [7, 11) is 0. The van der Waals surface area contributed by atoms with Gasteiger partial charge in [0.2, 0.25) is 0 Å². The van der Waals surface area contributed by atoms with Gasteiger partial charge in [0.1, 0.15) is 0 Å². The molecular weight excluding hydrogens is 232 g/mol. The van der Waals surface area contributed by atoms with Crippen LogP contribution in [0.2, 0.25) is 0 Å². The standard InChI is InChI=1S/C14H24O4/c1-3-4-6-10(2)18-14(17)12-8-5-7-11(9-12)13(15)16/h10-12H,3-9H2,1-2H3,(H,15,16). The maximum absolute atomic E-state index is 11.9. The van der Waals surface area contributed by atoms with Gasteiger partial charge in [0.05, 0.1) is 17.9 Å². The minimum absolute atomic E-state index is 0.0531. The average molecular weight is 256 g/mol. The van der Waals surface area contributed by atoms with Crippen LogP contribution in [0.15, 0.2) is 0 Å². The van der Waals surface area contributed by atoms with Gasteiger partial charge in [0, 0.05) is 0 Å². The van der Waals surface area contributed by atoms with Gasteiger partial charge in [-0.3, -0.25) is 9.59 Å². The van der Waals surface area contributed by atoms with Crippen LogP contribution in [0, 0.1) is 11.8 Å². The normalized spacial score (nSPS) is 25.4. The van der Waals surface area contributed by atoms with Gasteiger partial charge < -0.3 is 9.84 Å². The van der Waals surface area contributed by atoms with Crippen LogP contribution >= 0.6 is 0 Å². The Morgan fingerprint density at radius 1 is 1.33 bits per heavy atom. The molecule has 0 amide bonds. The van der Waals surface area contributed by atoms with Crippen molar-refractivity contribution in [2.45, 2.75) is 64.9 Å². The second-order valence-corrected chi connectivity index (χ2v) is 5.29. The van der Waals surface area contributed by atoms with Gasteiger partial charge in [-0.15, -0.1) is 0 Å². The molecule has 1 aliphatic rings. The Morgan fingerprint density at radius 2 is 2.00 bits per heavy atom. The van der Waals surface area contributed by atoms with Crippen molar-refractivity contribution in [3.05, 3.63) is 0 Å². The highest BCUT2D eigenvalue weighted by molar-refractivity contribution is 5.75. The SMILES string of the molecule is CCCCC(C)OC(=O)C1CCCC(C(=O)O)C1. The largest absolute Gasteiger partial charge is 0.481 e. The molecule has 0 aliphatic heterocycles. The van der Waals surface area contributed by atoms with Crippen LogP contribution in [0.4, 0.5) is 0 Å². The number of rotatable bonds is 6. The van der Waals surface area contributed by atoms with Gasteiger partial charge in [0.25, 0.3) is 0 Å². The maximum Gasteiger partial charge on any atom is 0.309 e. The maximum atomic E-state index is 11.9. The fourth-order valence-corrected chi connectivity index (χ4v) is 2.47. The summed E-state index contributed by atoms with van der Waals surface area (Å²) < 4.78 is 5.39. The highest BCUT2D eigenvalue weighted by Crippen LogP contribution is 2.30. The second kappa shape index (κ2) is 7.39. The number of carboxylic acids is 1. The second-order valence-electron chi connectivity index (χ2n) is 5.29. The van der Waals surface area contributed by atoms with Crippen molar-refractivity contribution >= 4 is 11.9 Å². The fraction of sp³-hybridized carbons (Fsp3) is 0.857. The summed E-state index contributed by atoms with van der Waals surface area (Å²) in [4.78, 5) is 22.9. The first kappa shape index (κ1) is 15.0. The summed E-state index contributed by atoms with van der Waals surface area (Å²) in [5, 5.41) is 8.98. The van der Waals surface area contributed by atoms with Crippen molar-refractivity contribution < 1.29 is 19.4 Å². The van der Waals surface area contributed by atoms with Gasteiger partial charge in [0.15, 0.2) is 0 Å². The lowest BCUT2D eigenvalue weighted by molar-refractivity contribution is -0.156. The topological polar surface area (TPSA) is 63.6 Å². The van der Waals surface area contributed by atoms with Crippen LogP contribution in [0.5, 0.6) is 0 Å². The van der Waals surface area contributed by atoms with E-state index in [2.05, 4.69) is 6.92 Å². The fourth-order valence-electron chi connectivity index (χ4n) is 2.47. The van der Waals surface area contributed by atoms with Gasteiger partial charge >= 0.3 is 11.9 Å². The molecule has 0 spiro atoms. The lowest BCUT2D eigenvalue weighted by Crippen LogP contribution is -2.30. The number of carbonyl (C=O) groups is 2. The molecule has 4 nitrogen and oxygen atoms in total. The monoisotopic (exact) mass is 256 g/mol. The first-order chi connectivity index (χ1) is 8.54. The van der Waals surface area contributed by atoms with Crippen LogP contribution < -0.4 is 0 Å². The minimum atomic E-state index is -0.786. The van der Waals surface area contributed by atoms with Crippen molar-refractivity contribution in [2.24, 2.45) is 11.8 Å². The van der Waals surface area contributed by atoms with E-state index in [1.54, 1.807) is 0 Å².